The van der Waals surface area contributed by atoms with Crippen molar-refractivity contribution in [2.75, 3.05) is 46.8 Å². The molecule has 110 valence electrons. The third-order valence-electron chi connectivity index (χ3n) is 4.99. The predicted octanol–water partition coefficient (Wildman–Crippen LogP) is 2.18. The highest BCUT2D eigenvalue weighted by molar-refractivity contribution is 5.07. The molecule has 1 unspecified atom stereocenters. The summed E-state index contributed by atoms with van der Waals surface area (Å²) in [5.41, 5.74) is 0.657. The van der Waals surface area contributed by atoms with Gasteiger partial charge in [-0.15, -0.1) is 0 Å². The molecule has 3 aliphatic heterocycles. The van der Waals surface area contributed by atoms with E-state index in [0.29, 0.717) is 5.54 Å². The smallest absolute Gasteiger partial charge is 0.149 e. The van der Waals surface area contributed by atoms with Crippen molar-refractivity contribution in [3.63, 3.8) is 0 Å². The molecule has 3 heteroatoms. The van der Waals surface area contributed by atoms with Crippen LogP contribution in [0.1, 0.15) is 51.4 Å². The molecular weight excluding hydrogens is 234 g/mol. The Balaban J connectivity index is 0.000000163. The van der Waals surface area contributed by atoms with Crippen molar-refractivity contribution in [1.29, 1.82) is 0 Å². The molecule has 3 nitrogen and oxygen atoms in total. The molecule has 1 atom stereocenters. The van der Waals surface area contributed by atoms with Gasteiger partial charge in [-0.3, -0.25) is 0 Å². The second-order valence-electron chi connectivity index (χ2n) is 6.70. The van der Waals surface area contributed by atoms with Gasteiger partial charge >= 0.3 is 0 Å². The molecule has 3 fully saturated rings. The van der Waals surface area contributed by atoms with E-state index < -0.39 is 0 Å². The molecular formula is C16H32N3+. The summed E-state index contributed by atoms with van der Waals surface area (Å²) in [4.78, 5) is 5.00. The average molecular weight is 266 g/mol. The van der Waals surface area contributed by atoms with Crippen LogP contribution in [0.3, 0.4) is 0 Å². The number of nitrogens with zero attached hydrogens (tertiary/aromatic N) is 3. The molecule has 0 aromatic rings. The van der Waals surface area contributed by atoms with Gasteiger partial charge < -0.3 is 4.90 Å². The van der Waals surface area contributed by atoms with Crippen LogP contribution in [-0.4, -0.2) is 57.3 Å². The topological polar surface area (TPSA) is 23.2 Å². The Hall–Kier alpha value is -0.120. The van der Waals surface area contributed by atoms with Crippen LogP contribution in [0.2, 0.25) is 0 Å². The van der Waals surface area contributed by atoms with Crippen LogP contribution in [0.4, 0.5) is 0 Å². The molecule has 0 saturated carbocycles. The summed E-state index contributed by atoms with van der Waals surface area (Å²) in [6.45, 7) is 6.25. The number of hydrogen-bond acceptors (Lipinski definition) is 2. The van der Waals surface area contributed by atoms with Gasteiger partial charge in [-0.1, -0.05) is 12.8 Å². The maximum absolute atomic E-state index is 4.27. The first-order valence-electron chi connectivity index (χ1n) is 8.26. The van der Waals surface area contributed by atoms with Crippen molar-refractivity contribution in [2.24, 2.45) is 0 Å². The zero-order valence-corrected chi connectivity index (χ0v) is 13.0. The lowest BCUT2D eigenvalue weighted by molar-refractivity contribution is 0.101. The van der Waals surface area contributed by atoms with Crippen LogP contribution in [-0.2, 0) is 0 Å². The van der Waals surface area contributed by atoms with E-state index in [2.05, 4.69) is 29.2 Å². The molecule has 3 heterocycles. The van der Waals surface area contributed by atoms with Crippen LogP contribution < -0.4 is 10.2 Å². The summed E-state index contributed by atoms with van der Waals surface area (Å²) in [7, 11) is 4.35. The third-order valence-corrected chi connectivity index (χ3v) is 4.99. The van der Waals surface area contributed by atoms with E-state index in [0.717, 1.165) is 13.1 Å². The maximum Gasteiger partial charge on any atom is 0.149 e. The minimum atomic E-state index is 0.657. The first-order chi connectivity index (χ1) is 9.23. The van der Waals surface area contributed by atoms with E-state index in [1.165, 1.54) is 71.0 Å². The highest BCUT2D eigenvalue weighted by Gasteiger charge is 2.56. The van der Waals surface area contributed by atoms with Gasteiger partial charge in [0.2, 0.25) is 0 Å². The van der Waals surface area contributed by atoms with Crippen molar-refractivity contribution >= 4 is 0 Å². The van der Waals surface area contributed by atoms with Gasteiger partial charge in [-0.05, 0) is 26.9 Å². The quantitative estimate of drug-likeness (QED) is 0.718. The summed E-state index contributed by atoms with van der Waals surface area (Å²) >= 11 is 0. The first kappa shape index (κ1) is 15.3. The summed E-state index contributed by atoms with van der Waals surface area (Å²) < 4.78 is 0. The molecule has 0 aromatic heterocycles. The van der Waals surface area contributed by atoms with E-state index >= 15 is 0 Å². The Bertz CT molecular complexity index is 235. The lowest BCUT2D eigenvalue weighted by Gasteiger charge is -2.38. The largest absolute Gasteiger partial charge is 0.309 e. The highest BCUT2D eigenvalue weighted by atomic mass is 15.3. The molecule has 0 aromatic carbocycles. The zero-order chi connectivity index (χ0) is 13.6. The van der Waals surface area contributed by atoms with Crippen molar-refractivity contribution in [3.8, 4) is 0 Å². The fourth-order valence-corrected chi connectivity index (χ4v) is 3.57. The summed E-state index contributed by atoms with van der Waals surface area (Å²) in [6, 6.07) is 0. The van der Waals surface area contributed by atoms with Gasteiger partial charge in [0.25, 0.3) is 0 Å². The van der Waals surface area contributed by atoms with Crippen LogP contribution in [0, 0.1) is 0 Å². The van der Waals surface area contributed by atoms with Gasteiger partial charge in [0, 0.05) is 38.9 Å². The van der Waals surface area contributed by atoms with Crippen LogP contribution in [0.15, 0.2) is 0 Å². The van der Waals surface area contributed by atoms with Crippen molar-refractivity contribution in [3.05, 3.63) is 0 Å². The predicted molar refractivity (Wildman–Crippen MR) is 82.0 cm³/mol. The maximum atomic E-state index is 4.27. The molecule has 0 spiro atoms. The summed E-state index contributed by atoms with van der Waals surface area (Å²) in [5.74, 6) is 0. The average Bonchev–Trinajstić information content (AvgIpc) is 2.63. The summed E-state index contributed by atoms with van der Waals surface area (Å²) in [6.07, 6.45) is 11.2. The SMILES string of the molecule is C1CCC[N]CC1.CN(C)CCC12CCC[N+]1CC2. The lowest BCUT2D eigenvalue weighted by atomic mass is 9.82. The molecule has 0 amide bonds. The fourth-order valence-electron chi connectivity index (χ4n) is 3.57. The lowest BCUT2D eigenvalue weighted by Crippen LogP contribution is -2.60. The van der Waals surface area contributed by atoms with Gasteiger partial charge in [0.05, 0.1) is 6.42 Å². The monoisotopic (exact) mass is 266 g/mol. The van der Waals surface area contributed by atoms with Crippen LogP contribution >= 0.6 is 0 Å². The molecule has 0 bridgehead atoms. The Kier molecular flexibility index (Phi) is 6.11. The Labute approximate surface area is 119 Å². The third kappa shape index (κ3) is 4.44. The Morgan fingerprint density at radius 3 is 2.21 bits per heavy atom. The molecule has 3 aliphatic rings. The fraction of sp³-hybridized carbons (Fsp3) is 1.00. The molecule has 2 radical (unpaired) electrons. The Morgan fingerprint density at radius 1 is 0.947 bits per heavy atom. The highest BCUT2D eigenvalue weighted by Crippen LogP contribution is 2.40. The number of fused-ring (bicyclic) bond motifs is 1. The molecule has 0 N–H and O–H groups in total. The second kappa shape index (κ2) is 7.61. The van der Waals surface area contributed by atoms with Gasteiger partial charge in [-0.2, -0.15) is 4.90 Å². The molecule has 0 aliphatic carbocycles. The van der Waals surface area contributed by atoms with E-state index in [9.17, 15) is 0 Å². The Morgan fingerprint density at radius 2 is 1.68 bits per heavy atom. The van der Waals surface area contributed by atoms with Crippen molar-refractivity contribution in [2.45, 2.75) is 56.9 Å². The standard InChI is InChI=1S/C10H20N2.C6H12N/c1-11(2)8-5-10-4-3-7-12(10)9-6-10;1-2-4-6-7-5-3-1/h3-9H2,1-2H3;1-6H2/q+1;. The van der Waals surface area contributed by atoms with Crippen LogP contribution in [0.5, 0.6) is 0 Å². The molecule has 3 rings (SSSR count). The number of rotatable bonds is 3. The minimum Gasteiger partial charge on any atom is -0.309 e. The zero-order valence-electron chi connectivity index (χ0n) is 13.0. The van der Waals surface area contributed by atoms with Crippen molar-refractivity contribution < 1.29 is 0 Å². The molecule has 19 heavy (non-hydrogen) atoms. The number of hydrogen-bond donors (Lipinski definition) is 0. The normalized spacial score (nSPS) is 31.1. The van der Waals surface area contributed by atoms with Crippen molar-refractivity contribution in [1.82, 2.24) is 15.1 Å². The molecule has 3 saturated heterocycles. The second-order valence-corrected chi connectivity index (χ2v) is 6.70. The van der Waals surface area contributed by atoms with Crippen LogP contribution in [0.25, 0.3) is 0 Å². The van der Waals surface area contributed by atoms with E-state index in [4.69, 9.17) is 0 Å². The van der Waals surface area contributed by atoms with Gasteiger partial charge in [0.15, 0.2) is 0 Å². The van der Waals surface area contributed by atoms with Gasteiger partial charge in [0.1, 0.15) is 18.6 Å². The minimum absolute atomic E-state index is 0.657. The summed E-state index contributed by atoms with van der Waals surface area (Å²) in [5, 5.41) is 4.27. The van der Waals surface area contributed by atoms with E-state index in [1.54, 1.807) is 0 Å². The van der Waals surface area contributed by atoms with Gasteiger partial charge in [-0.25, -0.2) is 5.32 Å². The van der Waals surface area contributed by atoms with E-state index in [-0.39, 0.29) is 0 Å². The van der Waals surface area contributed by atoms with E-state index in [1.807, 2.05) is 0 Å². The first-order valence-corrected chi connectivity index (χ1v) is 8.26.